The molecule has 0 spiro atoms. The average molecular weight is 167 g/mol. The molecule has 12 heavy (non-hydrogen) atoms. The lowest BCUT2D eigenvalue weighted by Gasteiger charge is -2.04. The van der Waals surface area contributed by atoms with E-state index in [0.29, 0.717) is 5.92 Å². The van der Waals surface area contributed by atoms with Crippen LogP contribution in [0.4, 0.5) is 0 Å². The molecule has 1 aromatic rings. The van der Waals surface area contributed by atoms with E-state index in [1.165, 1.54) is 0 Å². The van der Waals surface area contributed by atoms with Gasteiger partial charge in [-0.2, -0.15) is 5.10 Å². The highest BCUT2D eigenvalue weighted by molar-refractivity contribution is 5.05. The predicted molar refractivity (Wildman–Crippen MR) is 49.9 cm³/mol. The molecule has 0 aromatic carbocycles. The molecule has 0 aliphatic carbocycles. The fraction of sp³-hybridized carbons (Fsp3) is 0.667. The van der Waals surface area contributed by atoms with Crippen LogP contribution in [0.1, 0.15) is 25.2 Å². The topological polar surface area (TPSA) is 40.7 Å². The van der Waals surface area contributed by atoms with Crippen LogP contribution >= 0.6 is 0 Å². The summed E-state index contributed by atoms with van der Waals surface area (Å²) in [5.41, 5.74) is 2.21. The van der Waals surface area contributed by atoms with Gasteiger partial charge in [0.25, 0.3) is 0 Å². The van der Waals surface area contributed by atoms with Crippen molar-refractivity contribution in [3.05, 3.63) is 17.5 Å². The van der Waals surface area contributed by atoms with Gasteiger partial charge in [-0.05, 0) is 25.5 Å². The van der Waals surface area contributed by atoms with E-state index in [-0.39, 0.29) is 0 Å². The second-order valence-corrected chi connectivity index (χ2v) is 3.57. The van der Waals surface area contributed by atoms with E-state index in [9.17, 15) is 0 Å². The number of hydrogen-bond acceptors (Lipinski definition) is 2. The lowest BCUT2D eigenvalue weighted by atomic mass is 10.2. The number of hydrogen-bond donors (Lipinski definition) is 2. The van der Waals surface area contributed by atoms with E-state index in [2.05, 4.69) is 35.4 Å². The van der Waals surface area contributed by atoms with Gasteiger partial charge in [0.15, 0.2) is 0 Å². The Labute approximate surface area is 73.6 Å². The molecule has 3 heteroatoms. The average Bonchev–Trinajstić information content (AvgIpc) is 2.35. The van der Waals surface area contributed by atoms with Gasteiger partial charge in [-0.15, -0.1) is 0 Å². The van der Waals surface area contributed by atoms with Crippen molar-refractivity contribution in [3.8, 4) is 0 Å². The van der Waals surface area contributed by atoms with Crippen LogP contribution < -0.4 is 5.32 Å². The van der Waals surface area contributed by atoms with E-state index in [1.807, 2.05) is 6.92 Å². The molecule has 0 saturated heterocycles. The lowest BCUT2D eigenvalue weighted by Crippen LogP contribution is -2.19. The molecule has 0 unspecified atom stereocenters. The van der Waals surface area contributed by atoms with Gasteiger partial charge in [0.05, 0.1) is 5.69 Å². The van der Waals surface area contributed by atoms with E-state index in [1.54, 1.807) is 0 Å². The van der Waals surface area contributed by atoms with Gasteiger partial charge < -0.3 is 5.32 Å². The molecule has 0 aliphatic heterocycles. The molecule has 0 saturated carbocycles. The molecule has 0 fully saturated rings. The summed E-state index contributed by atoms with van der Waals surface area (Å²) in [4.78, 5) is 0. The minimum absolute atomic E-state index is 0.699. The Morgan fingerprint density at radius 2 is 2.33 bits per heavy atom. The smallest absolute Gasteiger partial charge is 0.0762 e. The van der Waals surface area contributed by atoms with Gasteiger partial charge in [0, 0.05) is 12.2 Å². The van der Waals surface area contributed by atoms with Gasteiger partial charge in [0.1, 0.15) is 0 Å². The van der Waals surface area contributed by atoms with Crippen molar-refractivity contribution < 1.29 is 0 Å². The van der Waals surface area contributed by atoms with E-state index in [0.717, 1.165) is 24.5 Å². The SMILES string of the molecule is Cc1cc(CNCC(C)C)n[nH]1. The molecule has 0 amide bonds. The van der Waals surface area contributed by atoms with Gasteiger partial charge in [-0.1, -0.05) is 13.8 Å². The highest BCUT2D eigenvalue weighted by atomic mass is 15.1. The number of rotatable bonds is 4. The Balaban J connectivity index is 2.24. The summed E-state index contributed by atoms with van der Waals surface area (Å²) in [5.74, 6) is 0.699. The number of aryl methyl sites for hydroxylation is 1. The minimum atomic E-state index is 0.699. The molecule has 1 aromatic heterocycles. The molecule has 1 heterocycles. The van der Waals surface area contributed by atoms with Crippen molar-refractivity contribution in [1.82, 2.24) is 15.5 Å². The zero-order valence-electron chi connectivity index (χ0n) is 8.02. The van der Waals surface area contributed by atoms with Crippen LogP contribution in [0.5, 0.6) is 0 Å². The molecule has 68 valence electrons. The number of H-pyrrole nitrogens is 1. The summed E-state index contributed by atoms with van der Waals surface area (Å²) in [7, 11) is 0. The number of nitrogens with zero attached hydrogens (tertiary/aromatic N) is 1. The highest BCUT2D eigenvalue weighted by Gasteiger charge is 1.97. The zero-order valence-corrected chi connectivity index (χ0v) is 8.02. The minimum Gasteiger partial charge on any atom is -0.311 e. The fourth-order valence-corrected chi connectivity index (χ4v) is 1.05. The highest BCUT2D eigenvalue weighted by Crippen LogP contribution is 1.97. The quantitative estimate of drug-likeness (QED) is 0.713. The first kappa shape index (κ1) is 9.26. The predicted octanol–water partition coefficient (Wildman–Crippen LogP) is 1.46. The molecule has 0 bridgehead atoms. The summed E-state index contributed by atoms with van der Waals surface area (Å²) >= 11 is 0. The zero-order chi connectivity index (χ0) is 8.97. The third kappa shape index (κ3) is 3.05. The van der Waals surface area contributed by atoms with Crippen LogP contribution in [0.2, 0.25) is 0 Å². The molecular weight excluding hydrogens is 150 g/mol. The number of nitrogens with one attached hydrogen (secondary N) is 2. The van der Waals surface area contributed by atoms with Crippen molar-refractivity contribution >= 4 is 0 Å². The van der Waals surface area contributed by atoms with Gasteiger partial charge >= 0.3 is 0 Å². The third-order valence-electron chi connectivity index (χ3n) is 1.62. The molecule has 3 nitrogen and oxygen atoms in total. The van der Waals surface area contributed by atoms with Crippen LogP contribution in [0.25, 0.3) is 0 Å². The molecule has 0 aliphatic rings. The maximum absolute atomic E-state index is 4.13. The Morgan fingerprint density at radius 3 is 2.83 bits per heavy atom. The monoisotopic (exact) mass is 167 g/mol. The Morgan fingerprint density at radius 1 is 1.58 bits per heavy atom. The maximum atomic E-state index is 4.13. The normalized spacial score (nSPS) is 11.0. The number of aromatic nitrogens is 2. The van der Waals surface area contributed by atoms with Crippen molar-refractivity contribution in [2.24, 2.45) is 5.92 Å². The fourth-order valence-electron chi connectivity index (χ4n) is 1.05. The number of aromatic amines is 1. The Hall–Kier alpha value is -0.830. The Kier molecular flexibility index (Phi) is 3.29. The van der Waals surface area contributed by atoms with E-state index >= 15 is 0 Å². The second kappa shape index (κ2) is 4.26. The summed E-state index contributed by atoms with van der Waals surface area (Å²) < 4.78 is 0. The molecule has 0 radical (unpaired) electrons. The second-order valence-electron chi connectivity index (χ2n) is 3.57. The van der Waals surface area contributed by atoms with Crippen LogP contribution in [0, 0.1) is 12.8 Å². The van der Waals surface area contributed by atoms with Crippen LogP contribution in [0.15, 0.2) is 6.07 Å². The largest absolute Gasteiger partial charge is 0.311 e. The summed E-state index contributed by atoms with van der Waals surface area (Å²) in [6.07, 6.45) is 0. The summed E-state index contributed by atoms with van der Waals surface area (Å²) in [6.45, 7) is 8.32. The molecule has 1 rings (SSSR count). The molecule has 2 N–H and O–H groups in total. The first-order chi connectivity index (χ1) is 5.68. The van der Waals surface area contributed by atoms with Gasteiger partial charge in [-0.25, -0.2) is 0 Å². The van der Waals surface area contributed by atoms with Crippen molar-refractivity contribution in [2.45, 2.75) is 27.3 Å². The first-order valence-electron chi connectivity index (χ1n) is 4.40. The van der Waals surface area contributed by atoms with Crippen LogP contribution in [-0.2, 0) is 6.54 Å². The molecule has 0 atom stereocenters. The van der Waals surface area contributed by atoms with E-state index < -0.39 is 0 Å². The van der Waals surface area contributed by atoms with Crippen molar-refractivity contribution in [3.63, 3.8) is 0 Å². The first-order valence-corrected chi connectivity index (χ1v) is 4.40. The van der Waals surface area contributed by atoms with Gasteiger partial charge in [0.2, 0.25) is 0 Å². The van der Waals surface area contributed by atoms with Crippen molar-refractivity contribution in [2.75, 3.05) is 6.54 Å². The lowest BCUT2D eigenvalue weighted by molar-refractivity contribution is 0.548. The van der Waals surface area contributed by atoms with Gasteiger partial charge in [-0.3, -0.25) is 5.10 Å². The Bertz CT molecular complexity index is 227. The van der Waals surface area contributed by atoms with E-state index in [4.69, 9.17) is 0 Å². The third-order valence-corrected chi connectivity index (χ3v) is 1.62. The maximum Gasteiger partial charge on any atom is 0.0762 e. The standard InChI is InChI=1S/C9H17N3/c1-7(2)5-10-6-9-4-8(3)11-12-9/h4,7,10H,5-6H2,1-3H3,(H,11,12). The summed E-state index contributed by atoms with van der Waals surface area (Å²) in [5, 5.41) is 10.4. The molecular formula is C9H17N3. The van der Waals surface area contributed by atoms with Crippen molar-refractivity contribution in [1.29, 1.82) is 0 Å². The van der Waals surface area contributed by atoms with Crippen LogP contribution in [0.3, 0.4) is 0 Å². The summed E-state index contributed by atoms with van der Waals surface area (Å²) in [6, 6.07) is 2.06. The van der Waals surface area contributed by atoms with Crippen LogP contribution in [-0.4, -0.2) is 16.7 Å².